The molecule has 0 aliphatic carbocycles. The lowest BCUT2D eigenvalue weighted by molar-refractivity contribution is -0.129. The molecular weight excluding hydrogens is 263 g/mol. The molecule has 2 rings (SSSR count). The molecule has 0 atom stereocenters. The zero-order chi connectivity index (χ0) is 14.4. The van der Waals surface area contributed by atoms with E-state index in [-0.39, 0.29) is 30.1 Å². The van der Waals surface area contributed by atoms with Crippen molar-refractivity contribution in [3.63, 3.8) is 0 Å². The zero-order valence-corrected chi connectivity index (χ0v) is 11.0. The van der Waals surface area contributed by atoms with Gasteiger partial charge in [0.25, 0.3) is 0 Å². The largest absolute Gasteiger partial charge is 0.381 e. The maximum atomic E-state index is 12.7. The van der Waals surface area contributed by atoms with Gasteiger partial charge in [0.05, 0.1) is 6.54 Å². The molecular formula is C14H17FN2O3. The predicted molar refractivity (Wildman–Crippen MR) is 71.6 cm³/mol. The van der Waals surface area contributed by atoms with Crippen LogP contribution in [0.3, 0.4) is 0 Å². The Morgan fingerprint density at radius 2 is 1.85 bits per heavy atom. The van der Waals surface area contributed by atoms with Crippen molar-refractivity contribution in [2.45, 2.75) is 12.8 Å². The molecule has 5 nitrogen and oxygen atoms in total. The second-order valence-electron chi connectivity index (χ2n) is 4.66. The Labute approximate surface area is 116 Å². The molecule has 108 valence electrons. The topological polar surface area (TPSA) is 67.4 Å². The predicted octanol–water partition coefficient (Wildman–Crippen LogP) is 1.31. The van der Waals surface area contributed by atoms with Crippen LogP contribution >= 0.6 is 0 Å². The molecule has 0 bridgehead atoms. The summed E-state index contributed by atoms with van der Waals surface area (Å²) < 4.78 is 17.9. The van der Waals surface area contributed by atoms with Crippen LogP contribution in [-0.4, -0.2) is 31.6 Å². The van der Waals surface area contributed by atoms with Crippen LogP contribution in [0.5, 0.6) is 0 Å². The quantitative estimate of drug-likeness (QED) is 0.873. The molecule has 0 aromatic heterocycles. The Bertz CT molecular complexity index is 470. The molecule has 2 amide bonds. The second kappa shape index (κ2) is 7.00. The molecule has 1 fully saturated rings. The average molecular weight is 280 g/mol. The molecule has 0 saturated carbocycles. The van der Waals surface area contributed by atoms with Crippen LogP contribution in [0, 0.1) is 11.7 Å². The smallest absolute Gasteiger partial charge is 0.243 e. The number of hydrogen-bond donors (Lipinski definition) is 2. The second-order valence-corrected chi connectivity index (χ2v) is 4.66. The van der Waals surface area contributed by atoms with Crippen LogP contribution in [0.4, 0.5) is 10.1 Å². The van der Waals surface area contributed by atoms with Crippen LogP contribution < -0.4 is 10.6 Å². The number of ether oxygens (including phenoxy) is 1. The van der Waals surface area contributed by atoms with E-state index in [0.717, 1.165) is 0 Å². The first-order valence-corrected chi connectivity index (χ1v) is 6.56. The molecule has 6 heteroatoms. The summed E-state index contributed by atoms with van der Waals surface area (Å²) in [6, 6.07) is 5.45. The van der Waals surface area contributed by atoms with Gasteiger partial charge in [0.15, 0.2) is 0 Å². The molecule has 1 aliphatic heterocycles. The number of carbonyl (C=O) groups is 2. The number of carbonyl (C=O) groups excluding carboxylic acids is 2. The summed E-state index contributed by atoms with van der Waals surface area (Å²) in [4.78, 5) is 23.4. The molecule has 1 aromatic rings. The Kier molecular flexibility index (Phi) is 5.06. The summed E-state index contributed by atoms with van der Waals surface area (Å²) in [6.45, 7) is 1.08. The molecule has 2 N–H and O–H groups in total. The fraction of sp³-hybridized carbons (Fsp3) is 0.429. The first-order chi connectivity index (χ1) is 9.65. The number of rotatable bonds is 4. The van der Waals surface area contributed by atoms with Crippen molar-refractivity contribution in [3.8, 4) is 0 Å². The maximum absolute atomic E-state index is 12.7. The van der Waals surface area contributed by atoms with Crippen molar-refractivity contribution < 1.29 is 18.7 Å². The number of anilines is 1. The minimum absolute atomic E-state index is 0.0811. The minimum Gasteiger partial charge on any atom is -0.381 e. The minimum atomic E-state index is -0.365. The fourth-order valence-electron chi connectivity index (χ4n) is 2.01. The molecule has 20 heavy (non-hydrogen) atoms. The Morgan fingerprint density at radius 1 is 1.20 bits per heavy atom. The van der Waals surface area contributed by atoms with E-state index in [4.69, 9.17) is 4.74 Å². The number of benzene rings is 1. The molecule has 0 unspecified atom stereocenters. The van der Waals surface area contributed by atoms with Crippen LogP contribution in [-0.2, 0) is 14.3 Å². The Morgan fingerprint density at radius 3 is 2.50 bits per heavy atom. The number of amides is 2. The fourth-order valence-corrected chi connectivity index (χ4v) is 2.01. The van der Waals surface area contributed by atoms with E-state index >= 15 is 0 Å². The van der Waals surface area contributed by atoms with Crippen molar-refractivity contribution in [1.82, 2.24) is 5.32 Å². The van der Waals surface area contributed by atoms with Gasteiger partial charge in [-0.1, -0.05) is 0 Å². The SMILES string of the molecule is O=C(CNC(=O)C1CCOCC1)Nc1ccc(F)cc1. The van der Waals surface area contributed by atoms with Crippen LogP contribution in [0.25, 0.3) is 0 Å². The van der Waals surface area contributed by atoms with E-state index in [0.29, 0.717) is 31.7 Å². The van der Waals surface area contributed by atoms with E-state index in [1.807, 2.05) is 0 Å². The highest BCUT2D eigenvalue weighted by molar-refractivity contribution is 5.94. The summed E-state index contributed by atoms with van der Waals surface area (Å²) in [6.07, 6.45) is 1.37. The summed E-state index contributed by atoms with van der Waals surface area (Å²) in [5, 5.41) is 5.19. The third kappa shape index (κ3) is 4.31. The van der Waals surface area contributed by atoms with Gasteiger partial charge in [-0.3, -0.25) is 9.59 Å². The number of nitrogens with one attached hydrogen (secondary N) is 2. The highest BCUT2D eigenvalue weighted by Crippen LogP contribution is 2.14. The van der Waals surface area contributed by atoms with Crippen molar-refractivity contribution >= 4 is 17.5 Å². The summed E-state index contributed by atoms with van der Waals surface area (Å²) in [5.41, 5.74) is 0.497. The van der Waals surface area contributed by atoms with E-state index in [2.05, 4.69) is 10.6 Å². The summed E-state index contributed by atoms with van der Waals surface area (Å²) in [5.74, 6) is -0.905. The third-order valence-corrected chi connectivity index (χ3v) is 3.14. The van der Waals surface area contributed by atoms with Crippen molar-refractivity contribution in [2.75, 3.05) is 25.1 Å². The van der Waals surface area contributed by atoms with Crippen LogP contribution in [0.15, 0.2) is 24.3 Å². The van der Waals surface area contributed by atoms with Crippen molar-refractivity contribution in [1.29, 1.82) is 0 Å². The summed E-state index contributed by atoms with van der Waals surface area (Å²) in [7, 11) is 0. The van der Waals surface area contributed by atoms with E-state index in [9.17, 15) is 14.0 Å². The Balaban J connectivity index is 1.74. The van der Waals surface area contributed by atoms with Crippen molar-refractivity contribution in [3.05, 3.63) is 30.1 Å². The Hall–Kier alpha value is -1.95. The number of hydrogen-bond acceptors (Lipinski definition) is 3. The first-order valence-electron chi connectivity index (χ1n) is 6.56. The molecule has 1 heterocycles. The third-order valence-electron chi connectivity index (χ3n) is 3.14. The van der Waals surface area contributed by atoms with Crippen LogP contribution in [0.2, 0.25) is 0 Å². The van der Waals surface area contributed by atoms with Gasteiger partial charge in [0, 0.05) is 24.8 Å². The van der Waals surface area contributed by atoms with Gasteiger partial charge in [-0.2, -0.15) is 0 Å². The highest BCUT2D eigenvalue weighted by Gasteiger charge is 2.21. The highest BCUT2D eigenvalue weighted by atomic mass is 19.1. The average Bonchev–Trinajstić information content (AvgIpc) is 2.48. The van der Waals surface area contributed by atoms with E-state index in [1.165, 1.54) is 24.3 Å². The maximum Gasteiger partial charge on any atom is 0.243 e. The lowest BCUT2D eigenvalue weighted by atomic mass is 9.99. The van der Waals surface area contributed by atoms with Gasteiger partial charge in [0.2, 0.25) is 11.8 Å². The number of halogens is 1. The van der Waals surface area contributed by atoms with Crippen molar-refractivity contribution in [2.24, 2.45) is 5.92 Å². The lowest BCUT2D eigenvalue weighted by Gasteiger charge is -2.21. The van der Waals surface area contributed by atoms with Gasteiger partial charge in [-0.25, -0.2) is 4.39 Å². The first kappa shape index (κ1) is 14.5. The molecule has 1 aromatic carbocycles. The standard InChI is InChI=1S/C14H17FN2O3/c15-11-1-3-12(4-2-11)17-13(18)9-16-14(19)10-5-7-20-8-6-10/h1-4,10H,5-9H2,(H,16,19)(H,17,18). The molecule has 1 aliphatic rings. The van der Waals surface area contributed by atoms with E-state index in [1.54, 1.807) is 0 Å². The normalized spacial score (nSPS) is 15.7. The molecule has 0 spiro atoms. The van der Waals surface area contributed by atoms with Gasteiger partial charge < -0.3 is 15.4 Å². The molecule has 1 saturated heterocycles. The molecule has 0 radical (unpaired) electrons. The monoisotopic (exact) mass is 280 g/mol. The zero-order valence-electron chi connectivity index (χ0n) is 11.0. The van der Waals surface area contributed by atoms with Gasteiger partial charge in [0.1, 0.15) is 5.82 Å². The van der Waals surface area contributed by atoms with Gasteiger partial charge in [-0.15, -0.1) is 0 Å². The lowest BCUT2D eigenvalue weighted by Crippen LogP contribution is -2.38. The van der Waals surface area contributed by atoms with Gasteiger partial charge >= 0.3 is 0 Å². The van der Waals surface area contributed by atoms with Gasteiger partial charge in [-0.05, 0) is 37.1 Å². The van der Waals surface area contributed by atoms with Crippen LogP contribution in [0.1, 0.15) is 12.8 Å². The summed E-state index contributed by atoms with van der Waals surface area (Å²) >= 11 is 0. The van der Waals surface area contributed by atoms with E-state index < -0.39 is 0 Å².